The zero-order chi connectivity index (χ0) is 13.0. The van der Waals surface area contributed by atoms with E-state index in [1.165, 1.54) is 0 Å². The molecule has 0 aromatic heterocycles. The number of carboxylic acids is 1. The van der Waals surface area contributed by atoms with Crippen LogP contribution in [0.2, 0.25) is 0 Å². The van der Waals surface area contributed by atoms with Gasteiger partial charge in [-0.2, -0.15) is 0 Å². The summed E-state index contributed by atoms with van der Waals surface area (Å²) in [5, 5.41) is 12.2. The highest BCUT2D eigenvalue weighted by Gasteiger charge is 2.15. The van der Waals surface area contributed by atoms with Gasteiger partial charge in [0.15, 0.2) is 0 Å². The van der Waals surface area contributed by atoms with E-state index in [2.05, 4.69) is 19.2 Å². The quantitative estimate of drug-likeness (QED) is 0.674. The summed E-state index contributed by atoms with van der Waals surface area (Å²) in [5.41, 5.74) is 0. The highest BCUT2D eigenvalue weighted by molar-refractivity contribution is 5.69. The van der Waals surface area contributed by atoms with E-state index in [4.69, 9.17) is 5.11 Å². The minimum absolute atomic E-state index is 0.166. The van der Waals surface area contributed by atoms with Crippen LogP contribution in [-0.4, -0.2) is 23.7 Å². The van der Waals surface area contributed by atoms with Crippen LogP contribution in [0.25, 0.3) is 0 Å². The van der Waals surface area contributed by atoms with Gasteiger partial charge >= 0.3 is 5.97 Å². The largest absolute Gasteiger partial charge is 0.481 e. The van der Waals surface area contributed by atoms with Gasteiger partial charge in [0.05, 0.1) is 5.92 Å². The van der Waals surface area contributed by atoms with Crippen molar-refractivity contribution >= 4 is 5.97 Å². The van der Waals surface area contributed by atoms with E-state index < -0.39 is 5.97 Å². The van der Waals surface area contributed by atoms with Gasteiger partial charge in [0.25, 0.3) is 0 Å². The number of nitrogens with one attached hydrogen (secondary N) is 1. The van der Waals surface area contributed by atoms with Crippen LogP contribution >= 0.6 is 0 Å². The predicted molar refractivity (Wildman–Crippen MR) is 69.8 cm³/mol. The first-order valence-corrected chi connectivity index (χ1v) is 6.57. The first-order chi connectivity index (χ1) is 7.61. The average molecular weight is 231 g/mol. The van der Waals surface area contributed by atoms with Crippen LogP contribution in [-0.2, 0) is 4.79 Å². The first kappa shape index (κ1) is 17.8. The number of carboxylic acid groups (broad SMARTS) is 1. The molecule has 0 radical (unpaired) electrons. The van der Waals surface area contributed by atoms with Crippen molar-refractivity contribution in [2.75, 3.05) is 6.54 Å². The molecule has 0 bridgehead atoms. The number of hydrogen-bond donors (Lipinski definition) is 2. The van der Waals surface area contributed by atoms with Gasteiger partial charge < -0.3 is 10.4 Å². The molecule has 2 atom stereocenters. The van der Waals surface area contributed by atoms with Crippen molar-refractivity contribution in [1.82, 2.24) is 5.32 Å². The van der Waals surface area contributed by atoms with Crippen LogP contribution in [0.4, 0.5) is 0 Å². The molecule has 0 fully saturated rings. The molecule has 0 saturated heterocycles. The average Bonchev–Trinajstić information content (AvgIpc) is 2.29. The summed E-state index contributed by atoms with van der Waals surface area (Å²) in [7, 11) is 0. The van der Waals surface area contributed by atoms with Crippen molar-refractivity contribution in [2.24, 2.45) is 5.92 Å². The molecule has 0 aliphatic rings. The lowest BCUT2D eigenvalue weighted by Gasteiger charge is -2.15. The molecular weight excluding hydrogens is 202 g/mol. The zero-order valence-corrected chi connectivity index (χ0v) is 11.5. The molecule has 98 valence electrons. The van der Waals surface area contributed by atoms with Crippen LogP contribution in [0.5, 0.6) is 0 Å². The van der Waals surface area contributed by atoms with Crippen LogP contribution in [0.1, 0.15) is 60.3 Å². The smallest absolute Gasteiger partial charge is 0.306 e. The minimum atomic E-state index is -0.657. The standard InChI is InChI=1S/C11H23NO2.C2H6/c1-4-8-12-9(3)6-7-10(5-2)11(13)14;1-2/h9-10,12H,4-8H2,1-3H3,(H,13,14);1-2H3. The van der Waals surface area contributed by atoms with E-state index in [1.54, 1.807) is 0 Å². The Balaban J connectivity index is 0. The maximum Gasteiger partial charge on any atom is 0.306 e. The summed E-state index contributed by atoms with van der Waals surface area (Å²) in [6.07, 6.45) is 3.59. The van der Waals surface area contributed by atoms with Gasteiger partial charge in [-0.15, -0.1) is 0 Å². The second-order valence-electron chi connectivity index (χ2n) is 3.88. The lowest BCUT2D eigenvalue weighted by atomic mass is 9.98. The molecule has 2 unspecified atom stereocenters. The molecule has 0 amide bonds. The Morgan fingerprint density at radius 2 is 1.81 bits per heavy atom. The van der Waals surface area contributed by atoms with Gasteiger partial charge in [-0.1, -0.05) is 27.7 Å². The van der Waals surface area contributed by atoms with E-state index in [0.717, 1.165) is 32.2 Å². The summed E-state index contributed by atoms with van der Waals surface area (Å²) in [6.45, 7) is 11.2. The maximum absolute atomic E-state index is 10.7. The number of aliphatic carboxylic acids is 1. The molecule has 3 heteroatoms. The van der Waals surface area contributed by atoms with E-state index in [9.17, 15) is 4.79 Å². The van der Waals surface area contributed by atoms with E-state index >= 15 is 0 Å². The lowest BCUT2D eigenvalue weighted by molar-refractivity contribution is -0.142. The van der Waals surface area contributed by atoms with Crippen LogP contribution < -0.4 is 5.32 Å². The predicted octanol–water partition coefficient (Wildman–Crippen LogP) is 3.29. The number of rotatable bonds is 8. The molecule has 0 heterocycles. The van der Waals surface area contributed by atoms with Crippen molar-refractivity contribution in [3.63, 3.8) is 0 Å². The van der Waals surface area contributed by atoms with Crippen molar-refractivity contribution < 1.29 is 9.90 Å². The zero-order valence-electron chi connectivity index (χ0n) is 11.5. The van der Waals surface area contributed by atoms with E-state index in [1.807, 2.05) is 20.8 Å². The summed E-state index contributed by atoms with van der Waals surface area (Å²) < 4.78 is 0. The Bertz CT molecular complexity index is 160. The Morgan fingerprint density at radius 3 is 2.19 bits per heavy atom. The fourth-order valence-electron chi connectivity index (χ4n) is 1.45. The monoisotopic (exact) mass is 231 g/mol. The van der Waals surface area contributed by atoms with Crippen LogP contribution in [0.15, 0.2) is 0 Å². The van der Waals surface area contributed by atoms with Crippen LogP contribution in [0.3, 0.4) is 0 Å². The summed E-state index contributed by atoms with van der Waals surface area (Å²) in [6, 6.07) is 0.434. The summed E-state index contributed by atoms with van der Waals surface area (Å²) in [4.78, 5) is 10.7. The Kier molecular flexibility index (Phi) is 13.9. The first-order valence-electron chi connectivity index (χ1n) is 6.57. The Morgan fingerprint density at radius 1 is 1.25 bits per heavy atom. The second kappa shape index (κ2) is 12.5. The molecule has 0 spiro atoms. The van der Waals surface area contributed by atoms with Gasteiger partial charge in [0.2, 0.25) is 0 Å². The third-order valence-corrected chi connectivity index (χ3v) is 2.53. The Labute approximate surface area is 101 Å². The molecule has 2 N–H and O–H groups in total. The fourth-order valence-corrected chi connectivity index (χ4v) is 1.45. The molecule has 3 nitrogen and oxygen atoms in total. The third-order valence-electron chi connectivity index (χ3n) is 2.53. The van der Waals surface area contributed by atoms with Gasteiger partial charge in [0, 0.05) is 6.04 Å². The lowest BCUT2D eigenvalue weighted by Crippen LogP contribution is -2.28. The molecule has 0 aromatic carbocycles. The second-order valence-corrected chi connectivity index (χ2v) is 3.88. The topological polar surface area (TPSA) is 49.3 Å². The molecule has 0 saturated carbocycles. The number of carbonyl (C=O) groups is 1. The van der Waals surface area contributed by atoms with Crippen molar-refractivity contribution in [3.8, 4) is 0 Å². The van der Waals surface area contributed by atoms with Gasteiger partial charge in [-0.05, 0) is 39.2 Å². The molecule has 16 heavy (non-hydrogen) atoms. The van der Waals surface area contributed by atoms with E-state index in [0.29, 0.717) is 6.04 Å². The molecule has 0 rings (SSSR count). The van der Waals surface area contributed by atoms with Crippen molar-refractivity contribution in [3.05, 3.63) is 0 Å². The Hall–Kier alpha value is -0.570. The highest BCUT2D eigenvalue weighted by atomic mass is 16.4. The SMILES string of the molecule is CC.CCCNC(C)CCC(CC)C(=O)O. The third kappa shape index (κ3) is 9.97. The van der Waals surface area contributed by atoms with Gasteiger partial charge in [-0.3, -0.25) is 4.79 Å². The molecule has 0 aliphatic carbocycles. The van der Waals surface area contributed by atoms with E-state index in [-0.39, 0.29) is 5.92 Å². The molecule has 0 aromatic rings. The van der Waals surface area contributed by atoms with Gasteiger partial charge in [0.1, 0.15) is 0 Å². The minimum Gasteiger partial charge on any atom is -0.481 e. The van der Waals surface area contributed by atoms with Gasteiger partial charge in [-0.25, -0.2) is 0 Å². The normalized spacial score (nSPS) is 13.6. The molecular formula is C13H29NO2. The summed E-state index contributed by atoms with van der Waals surface area (Å²) in [5.74, 6) is -0.823. The maximum atomic E-state index is 10.7. The number of hydrogen-bond acceptors (Lipinski definition) is 2. The molecule has 0 aliphatic heterocycles. The highest BCUT2D eigenvalue weighted by Crippen LogP contribution is 2.12. The fraction of sp³-hybridized carbons (Fsp3) is 0.923. The van der Waals surface area contributed by atoms with Crippen LogP contribution in [0, 0.1) is 5.92 Å². The summed E-state index contributed by atoms with van der Waals surface area (Å²) >= 11 is 0. The van der Waals surface area contributed by atoms with Crippen molar-refractivity contribution in [2.45, 2.75) is 66.3 Å². The van der Waals surface area contributed by atoms with Crippen molar-refractivity contribution in [1.29, 1.82) is 0 Å².